The molecule has 2 atom stereocenters. The molecule has 1 rings (SSSR count). The third-order valence-corrected chi connectivity index (χ3v) is 10.1. The van der Waals surface area contributed by atoms with Crippen LogP contribution in [0.1, 0.15) is 68.2 Å². The van der Waals surface area contributed by atoms with Gasteiger partial charge in [-0.15, -0.1) is 0 Å². The van der Waals surface area contributed by atoms with Crippen LogP contribution in [0.4, 0.5) is 0 Å². The maximum atomic E-state index is 12.0. The summed E-state index contributed by atoms with van der Waals surface area (Å²) < 4.78 is 23.4. The smallest absolute Gasteiger partial charge is 0.311 e. The van der Waals surface area contributed by atoms with Crippen LogP contribution in [0.15, 0.2) is 12.2 Å². The van der Waals surface area contributed by atoms with Gasteiger partial charge in [-0.2, -0.15) is 0 Å². The Hall–Kier alpha value is -1.13. The molecule has 1 aliphatic rings. The zero-order valence-corrected chi connectivity index (χ0v) is 21.3. The fourth-order valence-electron chi connectivity index (χ4n) is 3.24. The lowest BCUT2D eigenvalue weighted by Crippen LogP contribution is -2.40. The van der Waals surface area contributed by atoms with Crippen molar-refractivity contribution < 1.29 is 23.4 Å². The number of ether oxygens (including phenoxy) is 3. The lowest BCUT2D eigenvalue weighted by atomic mass is 9.97. The molecule has 0 aromatic heterocycles. The molecule has 172 valence electrons. The molecule has 0 bridgehead atoms. The summed E-state index contributed by atoms with van der Waals surface area (Å²) in [5.74, 6) is 5.68. The van der Waals surface area contributed by atoms with Crippen LogP contribution < -0.4 is 0 Å². The average Bonchev–Trinajstić information content (AvgIpc) is 3.03. The summed E-state index contributed by atoms with van der Waals surface area (Å²) >= 11 is 0. The van der Waals surface area contributed by atoms with E-state index < -0.39 is 19.5 Å². The molecular weight excluding hydrogens is 396 g/mol. The Morgan fingerprint density at radius 1 is 1.23 bits per heavy atom. The van der Waals surface area contributed by atoms with Crippen molar-refractivity contribution in [3.8, 4) is 11.8 Å². The molecule has 0 aromatic carbocycles. The van der Waals surface area contributed by atoms with Crippen molar-refractivity contribution in [1.82, 2.24) is 0 Å². The fourth-order valence-corrected chi connectivity index (χ4v) is 6.02. The summed E-state index contributed by atoms with van der Waals surface area (Å²) in [5, 5.41) is 0. The van der Waals surface area contributed by atoms with E-state index in [1.54, 1.807) is 0 Å². The van der Waals surface area contributed by atoms with Crippen LogP contribution in [0.3, 0.4) is 0 Å². The lowest BCUT2D eigenvalue weighted by Gasteiger charge is -2.31. The largest absolute Gasteiger partial charge is 0.465 e. The van der Waals surface area contributed by atoms with Gasteiger partial charge in [0.2, 0.25) is 0 Å². The van der Waals surface area contributed by atoms with Crippen LogP contribution >= 0.6 is 0 Å². The zero-order chi connectivity index (χ0) is 22.8. The molecule has 1 fully saturated rings. The molecule has 0 spiro atoms. The van der Waals surface area contributed by atoms with Gasteiger partial charge in [-0.25, -0.2) is 0 Å². The van der Waals surface area contributed by atoms with Gasteiger partial charge in [0.05, 0.1) is 24.7 Å². The van der Waals surface area contributed by atoms with Crippen molar-refractivity contribution >= 4 is 14.3 Å². The SMILES string of the molecule is CC[Si](CC)(CC)O[C@H](C#C/C=C\C[C@H]1COC(C)(C)O1)CCOC(=O)C(C)(C)C. The number of hydrogen-bond donors (Lipinski definition) is 0. The second-order valence-corrected chi connectivity index (χ2v) is 14.1. The zero-order valence-electron chi connectivity index (χ0n) is 20.3. The minimum Gasteiger partial charge on any atom is -0.465 e. The Morgan fingerprint density at radius 2 is 1.87 bits per heavy atom. The van der Waals surface area contributed by atoms with Gasteiger partial charge in [0.25, 0.3) is 0 Å². The van der Waals surface area contributed by atoms with Crippen molar-refractivity contribution in [2.24, 2.45) is 5.41 Å². The van der Waals surface area contributed by atoms with Gasteiger partial charge in [0, 0.05) is 6.42 Å². The topological polar surface area (TPSA) is 54.0 Å². The van der Waals surface area contributed by atoms with E-state index in [0.29, 0.717) is 19.6 Å². The molecule has 0 aliphatic carbocycles. The van der Waals surface area contributed by atoms with Gasteiger partial charge < -0.3 is 18.6 Å². The molecule has 5 nitrogen and oxygen atoms in total. The minimum atomic E-state index is -1.80. The van der Waals surface area contributed by atoms with E-state index in [-0.39, 0.29) is 18.2 Å². The van der Waals surface area contributed by atoms with E-state index in [9.17, 15) is 4.79 Å². The first-order valence-electron chi connectivity index (χ1n) is 11.3. The Morgan fingerprint density at radius 3 is 2.37 bits per heavy atom. The first kappa shape index (κ1) is 26.9. The van der Waals surface area contributed by atoms with Crippen molar-refractivity contribution in [2.45, 2.75) is 104 Å². The van der Waals surface area contributed by atoms with E-state index in [4.69, 9.17) is 18.6 Å². The summed E-state index contributed by atoms with van der Waals surface area (Å²) in [6.45, 7) is 17.0. The van der Waals surface area contributed by atoms with Crippen LogP contribution in [-0.4, -0.2) is 45.5 Å². The third kappa shape index (κ3) is 9.34. The highest BCUT2D eigenvalue weighted by Crippen LogP contribution is 2.25. The Bertz CT molecular complexity index is 611. The number of rotatable bonds is 10. The number of carbonyl (C=O) groups is 1. The van der Waals surface area contributed by atoms with Crippen LogP contribution in [-0.2, 0) is 23.4 Å². The highest BCUT2D eigenvalue weighted by atomic mass is 28.4. The van der Waals surface area contributed by atoms with Gasteiger partial charge in [-0.1, -0.05) is 38.7 Å². The second-order valence-electron chi connectivity index (χ2n) is 9.40. The van der Waals surface area contributed by atoms with E-state index in [1.807, 2.05) is 46.8 Å². The predicted molar refractivity (Wildman–Crippen MR) is 124 cm³/mol. The second kappa shape index (κ2) is 12.0. The summed E-state index contributed by atoms with van der Waals surface area (Å²) in [5.41, 5.74) is -0.500. The Kier molecular flexibility index (Phi) is 10.8. The van der Waals surface area contributed by atoms with Crippen molar-refractivity contribution in [3.05, 3.63) is 12.2 Å². The quantitative estimate of drug-likeness (QED) is 0.258. The summed E-state index contributed by atoms with van der Waals surface area (Å²) in [7, 11) is -1.80. The van der Waals surface area contributed by atoms with Crippen molar-refractivity contribution in [3.63, 3.8) is 0 Å². The highest BCUT2D eigenvalue weighted by Gasteiger charge is 2.32. The number of hydrogen-bond acceptors (Lipinski definition) is 5. The first-order chi connectivity index (χ1) is 14.0. The predicted octanol–water partition coefficient (Wildman–Crippen LogP) is 5.46. The van der Waals surface area contributed by atoms with E-state index in [1.165, 1.54) is 0 Å². The molecule has 6 heteroatoms. The van der Waals surface area contributed by atoms with E-state index in [0.717, 1.165) is 24.6 Å². The Balaban J connectivity index is 2.69. The first-order valence-corrected chi connectivity index (χ1v) is 13.8. The lowest BCUT2D eigenvalue weighted by molar-refractivity contribution is -0.153. The summed E-state index contributed by atoms with van der Waals surface area (Å²) in [6, 6.07) is 3.18. The molecule has 0 radical (unpaired) electrons. The van der Waals surface area contributed by atoms with Gasteiger partial charge in [0.15, 0.2) is 14.1 Å². The Labute approximate surface area is 185 Å². The van der Waals surface area contributed by atoms with Gasteiger partial charge in [-0.3, -0.25) is 4.79 Å². The fraction of sp³-hybridized carbons (Fsp3) is 0.792. The van der Waals surface area contributed by atoms with Crippen LogP contribution in [0.5, 0.6) is 0 Å². The van der Waals surface area contributed by atoms with Crippen LogP contribution in [0.25, 0.3) is 0 Å². The van der Waals surface area contributed by atoms with Crippen molar-refractivity contribution in [1.29, 1.82) is 0 Å². The van der Waals surface area contributed by atoms with Gasteiger partial charge in [-0.05, 0) is 65.2 Å². The molecule has 0 unspecified atom stereocenters. The summed E-state index contributed by atoms with van der Waals surface area (Å²) in [4.78, 5) is 12.0. The molecular formula is C24H42O5Si. The monoisotopic (exact) mass is 438 g/mol. The normalized spacial score (nSPS) is 20.1. The molecule has 0 amide bonds. The van der Waals surface area contributed by atoms with E-state index in [2.05, 4.69) is 32.6 Å². The average molecular weight is 439 g/mol. The molecule has 0 saturated carbocycles. The molecule has 30 heavy (non-hydrogen) atoms. The number of esters is 1. The number of carbonyl (C=O) groups excluding carboxylic acids is 1. The molecule has 1 heterocycles. The summed E-state index contributed by atoms with van der Waals surface area (Å²) in [6.07, 6.45) is 5.08. The highest BCUT2D eigenvalue weighted by molar-refractivity contribution is 6.73. The third-order valence-electron chi connectivity index (χ3n) is 5.46. The maximum absolute atomic E-state index is 12.0. The minimum absolute atomic E-state index is 0.0715. The molecule has 0 N–H and O–H groups in total. The maximum Gasteiger partial charge on any atom is 0.311 e. The van der Waals surface area contributed by atoms with Crippen LogP contribution in [0.2, 0.25) is 18.1 Å². The molecule has 0 aromatic rings. The van der Waals surface area contributed by atoms with Gasteiger partial charge >= 0.3 is 5.97 Å². The number of allylic oxidation sites excluding steroid dienone is 1. The molecule has 1 saturated heterocycles. The van der Waals surface area contributed by atoms with Crippen molar-refractivity contribution in [2.75, 3.05) is 13.2 Å². The van der Waals surface area contributed by atoms with E-state index >= 15 is 0 Å². The van der Waals surface area contributed by atoms with Crippen LogP contribution in [0, 0.1) is 17.3 Å². The molecule has 1 aliphatic heterocycles. The van der Waals surface area contributed by atoms with Gasteiger partial charge in [0.1, 0.15) is 6.10 Å². The standard InChI is InChI=1S/C24H42O5Si/c1-9-30(10-2,11-3)29-20(17-18-26-22(25)23(4,5)6)15-13-12-14-16-21-19-27-24(7,8)28-21/h12,14,20-21H,9-11,16-19H2,1-8H3/b14-12-/t20-,21+/m1/s1.